The molecule has 0 aliphatic heterocycles. The summed E-state index contributed by atoms with van der Waals surface area (Å²) in [5.74, 6) is 0.243. The van der Waals surface area contributed by atoms with Crippen molar-refractivity contribution in [2.45, 2.75) is 24.8 Å². The van der Waals surface area contributed by atoms with Crippen LogP contribution in [0.5, 0.6) is 5.75 Å². The third-order valence-corrected chi connectivity index (χ3v) is 5.08. The molecule has 0 aliphatic carbocycles. The zero-order valence-corrected chi connectivity index (χ0v) is 13.4. The number of halogens is 1. The maximum atomic E-state index is 13.1. The molecule has 0 spiro atoms. The zero-order valence-electron chi connectivity index (χ0n) is 12.6. The average molecular weight is 323 g/mol. The summed E-state index contributed by atoms with van der Waals surface area (Å²) >= 11 is 0. The van der Waals surface area contributed by atoms with Crippen LogP contribution in [0.25, 0.3) is 0 Å². The molecule has 0 radical (unpaired) electrons. The molecular formula is C16H18FNO3S. The molecule has 0 amide bonds. The number of hydrogen-bond acceptors (Lipinski definition) is 3. The fourth-order valence-electron chi connectivity index (χ4n) is 2.17. The lowest BCUT2D eigenvalue weighted by atomic mass is 10.1. The SMILES string of the molecule is COc1ccc([C@H](C)NS(=O)(=O)c2ccc(F)cc2C)cc1. The largest absolute Gasteiger partial charge is 0.497 e. The van der Waals surface area contributed by atoms with Crippen LogP contribution in [0.1, 0.15) is 24.1 Å². The number of nitrogens with one attached hydrogen (secondary N) is 1. The lowest BCUT2D eigenvalue weighted by molar-refractivity contribution is 0.414. The number of aryl methyl sites for hydroxylation is 1. The van der Waals surface area contributed by atoms with Crippen LogP contribution in [-0.4, -0.2) is 15.5 Å². The van der Waals surface area contributed by atoms with E-state index >= 15 is 0 Å². The number of rotatable bonds is 5. The summed E-state index contributed by atoms with van der Waals surface area (Å²) in [5.41, 5.74) is 1.18. The quantitative estimate of drug-likeness (QED) is 0.919. The Balaban J connectivity index is 2.23. The molecule has 0 saturated heterocycles. The van der Waals surface area contributed by atoms with Gasteiger partial charge in [-0.3, -0.25) is 0 Å². The summed E-state index contributed by atoms with van der Waals surface area (Å²) in [6.45, 7) is 3.31. The molecular weight excluding hydrogens is 305 g/mol. The Hall–Kier alpha value is -1.92. The van der Waals surface area contributed by atoms with E-state index in [0.29, 0.717) is 11.3 Å². The fourth-order valence-corrected chi connectivity index (χ4v) is 3.63. The number of benzene rings is 2. The lowest BCUT2D eigenvalue weighted by Crippen LogP contribution is -2.27. The molecule has 22 heavy (non-hydrogen) atoms. The smallest absolute Gasteiger partial charge is 0.241 e. The Kier molecular flexibility index (Phi) is 4.83. The van der Waals surface area contributed by atoms with E-state index in [2.05, 4.69) is 4.72 Å². The van der Waals surface area contributed by atoms with E-state index in [1.54, 1.807) is 45.2 Å². The molecule has 6 heteroatoms. The highest BCUT2D eigenvalue weighted by molar-refractivity contribution is 7.89. The molecule has 0 aliphatic rings. The molecule has 0 heterocycles. The molecule has 0 unspecified atom stereocenters. The third-order valence-electron chi connectivity index (χ3n) is 3.37. The van der Waals surface area contributed by atoms with Crippen LogP contribution in [0.2, 0.25) is 0 Å². The van der Waals surface area contributed by atoms with Crippen LogP contribution in [0.3, 0.4) is 0 Å². The van der Waals surface area contributed by atoms with Gasteiger partial charge in [0, 0.05) is 6.04 Å². The Bertz CT molecular complexity index is 757. The van der Waals surface area contributed by atoms with Gasteiger partial charge in [-0.1, -0.05) is 12.1 Å². The van der Waals surface area contributed by atoms with Crippen LogP contribution in [0.4, 0.5) is 4.39 Å². The molecule has 2 aromatic carbocycles. The standard InChI is InChI=1S/C16H18FNO3S/c1-11-10-14(17)6-9-16(11)22(19,20)18-12(2)13-4-7-15(21-3)8-5-13/h4-10,12,18H,1-3H3/t12-/m0/s1. The highest BCUT2D eigenvalue weighted by Gasteiger charge is 2.20. The van der Waals surface area contributed by atoms with Crippen molar-refractivity contribution in [1.29, 1.82) is 0 Å². The zero-order chi connectivity index (χ0) is 16.3. The summed E-state index contributed by atoms with van der Waals surface area (Å²) in [6.07, 6.45) is 0. The van der Waals surface area contributed by atoms with Gasteiger partial charge < -0.3 is 4.74 Å². The molecule has 0 bridgehead atoms. The predicted octanol–water partition coefficient (Wildman–Crippen LogP) is 3.18. The minimum absolute atomic E-state index is 0.0780. The summed E-state index contributed by atoms with van der Waals surface area (Å²) in [5, 5.41) is 0. The monoisotopic (exact) mass is 323 g/mol. The predicted molar refractivity (Wildman–Crippen MR) is 82.9 cm³/mol. The normalized spacial score (nSPS) is 12.9. The molecule has 1 atom stereocenters. The van der Waals surface area contributed by atoms with E-state index in [1.807, 2.05) is 0 Å². The minimum Gasteiger partial charge on any atom is -0.497 e. The maximum absolute atomic E-state index is 13.1. The minimum atomic E-state index is -3.72. The Morgan fingerprint density at radius 3 is 2.32 bits per heavy atom. The van der Waals surface area contributed by atoms with Gasteiger partial charge in [-0.05, 0) is 55.3 Å². The second-order valence-electron chi connectivity index (χ2n) is 5.03. The van der Waals surface area contributed by atoms with Crippen molar-refractivity contribution in [1.82, 2.24) is 4.72 Å². The summed E-state index contributed by atoms with van der Waals surface area (Å²) < 4.78 is 45.6. The molecule has 0 aromatic heterocycles. The van der Waals surface area contributed by atoms with E-state index < -0.39 is 21.9 Å². The molecule has 0 saturated carbocycles. The highest BCUT2D eigenvalue weighted by atomic mass is 32.2. The van der Waals surface area contributed by atoms with Crippen LogP contribution in [0, 0.1) is 12.7 Å². The van der Waals surface area contributed by atoms with Gasteiger partial charge >= 0.3 is 0 Å². The topological polar surface area (TPSA) is 55.4 Å². The van der Waals surface area contributed by atoms with E-state index in [4.69, 9.17) is 4.74 Å². The lowest BCUT2D eigenvalue weighted by Gasteiger charge is -2.16. The third kappa shape index (κ3) is 3.64. The van der Waals surface area contributed by atoms with Crippen LogP contribution in [-0.2, 0) is 10.0 Å². The van der Waals surface area contributed by atoms with E-state index in [1.165, 1.54) is 12.1 Å². The van der Waals surface area contributed by atoms with Gasteiger partial charge in [-0.2, -0.15) is 0 Å². The highest BCUT2D eigenvalue weighted by Crippen LogP contribution is 2.21. The summed E-state index contributed by atoms with van der Waals surface area (Å²) in [4.78, 5) is 0.0780. The van der Waals surface area contributed by atoms with E-state index in [0.717, 1.165) is 11.6 Å². The first kappa shape index (κ1) is 16.5. The van der Waals surface area contributed by atoms with E-state index in [-0.39, 0.29) is 4.90 Å². The number of ether oxygens (including phenoxy) is 1. The second kappa shape index (κ2) is 6.46. The maximum Gasteiger partial charge on any atom is 0.241 e. The van der Waals surface area contributed by atoms with Gasteiger partial charge in [0.25, 0.3) is 0 Å². The molecule has 2 rings (SSSR count). The summed E-state index contributed by atoms with van der Waals surface area (Å²) in [7, 11) is -2.15. The van der Waals surface area contributed by atoms with Crippen molar-refractivity contribution in [2.75, 3.05) is 7.11 Å². The Labute approximate surface area is 130 Å². The van der Waals surface area contributed by atoms with Gasteiger partial charge in [0.1, 0.15) is 11.6 Å². The van der Waals surface area contributed by atoms with Crippen molar-refractivity contribution in [3.05, 3.63) is 59.4 Å². The molecule has 4 nitrogen and oxygen atoms in total. The van der Waals surface area contributed by atoms with Gasteiger partial charge in [0.15, 0.2) is 0 Å². The van der Waals surface area contributed by atoms with Gasteiger partial charge in [-0.15, -0.1) is 0 Å². The first-order valence-corrected chi connectivity index (χ1v) is 8.24. The average Bonchev–Trinajstić information content (AvgIpc) is 2.46. The van der Waals surface area contributed by atoms with Crippen molar-refractivity contribution in [3.63, 3.8) is 0 Å². The van der Waals surface area contributed by atoms with Crippen molar-refractivity contribution >= 4 is 10.0 Å². The van der Waals surface area contributed by atoms with Crippen molar-refractivity contribution < 1.29 is 17.5 Å². The first-order chi connectivity index (χ1) is 10.3. The number of sulfonamides is 1. The van der Waals surface area contributed by atoms with Crippen LogP contribution >= 0.6 is 0 Å². The molecule has 118 valence electrons. The number of methoxy groups -OCH3 is 1. The second-order valence-corrected chi connectivity index (χ2v) is 6.71. The Morgan fingerprint density at radius 1 is 1.14 bits per heavy atom. The van der Waals surface area contributed by atoms with Crippen LogP contribution < -0.4 is 9.46 Å². The Morgan fingerprint density at radius 2 is 1.77 bits per heavy atom. The number of hydrogen-bond donors (Lipinski definition) is 1. The van der Waals surface area contributed by atoms with Crippen molar-refractivity contribution in [2.24, 2.45) is 0 Å². The molecule has 1 N–H and O–H groups in total. The van der Waals surface area contributed by atoms with Crippen molar-refractivity contribution in [3.8, 4) is 5.75 Å². The summed E-state index contributed by atoms with van der Waals surface area (Å²) in [6, 6.07) is 10.3. The molecule has 0 fully saturated rings. The van der Waals surface area contributed by atoms with Gasteiger partial charge in [-0.25, -0.2) is 17.5 Å². The van der Waals surface area contributed by atoms with E-state index in [9.17, 15) is 12.8 Å². The first-order valence-electron chi connectivity index (χ1n) is 6.76. The van der Waals surface area contributed by atoms with Crippen LogP contribution in [0.15, 0.2) is 47.4 Å². The van der Waals surface area contributed by atoms with Gasteiger partial charge in [0.05, 0.1) is 12.0 Å². The fraction of sp³-hybridized carbons (Fsp3) is 0.250. The molecule has 2 aromatic rings. The van der Waals surface area contributed by atoms with Gasteiger partial charge in [0.2, 0.25) is 10.0 Å².